The van der Waals surface area contributed by atoms with Crippen LogP contribution in [-0.2, 0) is 16.1 Å². The number of methoxy groups -OCH3 is 1. The number of thiazole rings is 1. The number of carbonyl (C=O) groups excluding carboxylic acids is 3. The van der Waals surface area contributed by atoms with Crippen molar-refractivity contribution in [2.75, 3.05) is 17.7 Å². The van der Waals surface area contributed by atoms with Crippen molar-refractivity contribution in [2.45, 2.75) is 51.0 Å². The summed E-state index contributed by atoms with van der Waals surface area (Å²) in [6.07, 6.45) is 2.87. The molecule has 4 rings (SSSR count). The summed E-state index contributed by atoms with van der Waals surface area (Å²) in [5, 5.41) is 20.1. The summed E-state index contributed by atoms with van der Waals surface area (Å²) >= 11 is 1.40. The molecule has 1 aliphatic rings. The molecule has 3 amide bonds. The molecule has 0 spiro atoms. The van der Waals surface area contributed by atoms with E-state index < -0.39 is 22.8 Å². The highest BCUT2D eigenvalue weighted by Gasteiger charge is 2.30. The van der Waals surface area contributed by atoms with Gasteiger partial charge < -0.3 is 30.7 Å². The molecule has 1 saturated carbocycles. The van der Waals surface area contributed by atoms with Crippen LogP contribution in [0.5, 0.6) is 5.75 Å². The van der Waals surface area contributed by atoms with E-state index in [0.717, 1.165) is 17.7 Å². The Labute approximate surface area is 251 Å². The van der Waals surface area contributed by atoms with Crippen molar-refractivity contribution >= 4 is 70.0 Å². The Bertz CT molecular complexity index is 1490. The third-order valence-corrected chi connectivity index (χ3v) is 6.81. The van der Waals surface area contributed by atoms with Gasteiger partial charge in [-0.2, -0.15) is 0 Å². The molecule has 0 saturated heterocycles. The summed E-state index contributed by atoms with van der Waals surface area (Å²) in [5.41, 5.74) is 1.07. The molecule has 2 heterocycles. The van der Waals surface area contributed by atoms with Crippen LogP contribution in [0.25, 0.3) is 10.6 Å². The Morgan fingerprint density at radius 1 is 1.10 bits per heavy atom. The van der Waals surface area contributed by atoms with Crippen molar-refractivity contribution in [2.24, 2.45) is 5.92 Å². The molecule has 3 aromatic rings. The summed E-state index contributed by atoms with van der Waals surface area (Å²) in [6, 6.07) is 7.09. The number of rotatable bonds is 10. The van der Waals surface area contributed by atoms with Gasteiger partial charge >= 0.3 is 6.09 Å². The molecule has 218 valence electrons. The van der Waals surface area contributed by atoms with Gasteiger partial charge in [0, 0.05) is 23.1 Å². The van der Waals surface area contributed by atoms with Gasteiger partial charge in [0.25, 0.3) is 5.91 Å². The number of anilines is 3. The van der Waals surface area contributed by atoms with E-state index >= 15 is 0 Å². The van der Waals surface area contributed by atoms with Crippen molar-refractivity contribution in [3.8, 4) is 16.3 Å². The lowest BCUT2D eigenvalue weighted by Gasteiger charge is -2.22. The molecule has 0 radical (unpaired) electrons. The molecule has 1 aromatic carbocycles. The fourth-order valence-electron chi connectivity index (χ4n) is 3.85. The van der Waals surface area contributed by atoms with Crippen LogP contribution in [0.2, 0.25) is 0 Å². The first-order valence-electron chi connectivity index (χ1n) is 13.6. The molecule has 12 nitrogen and oxygen atoms in total. The third-order valence-electron chi connectivity index (χ3n) is 5.78. The maximum Gasteiger partial charge on any atom is 0.407 e. The summed E-state index contributed by atoms with van der Waals surface area (Å²) in [5.74, 6) is 0.156. The highest BCUT2D eigenvalue weighted by molar-refractivity contribution is 7.15. The van der Waals surface area contributed by atoms with Crippen LogP contribution in [0.4, 0.5) is 22.0 Å². The predicted octanol–water partition coefficient (Wildman–Crippen LogP) is 0.966. The number of ether oxygens (including phenoxy) is 2. The average molecular weight is 589 g/mol. The molecule has 0 atom stereocenters. The van der Waals surface area contributed by atoms with Gasteiger partial charge in [-0.25, -0.2) is 9.78 Å². The van der Waals surface area contributed by atoms with Crippen LogP contribution in [-0.4, -0.2) is 74.6 Å². The van der Waals surface area contributed by atoms with Crippen LogP contribution in [0, 0.1) is 5.92 Å². The molecule has 2 aromatic heterocycles. The number of carbonyl (C=O) groups is 3. The van der Waals surface area contributed by atoms with Gasteiger partial charge in [0.2, 0.25) is 5.91 Å². The summed E-state index contributed by atoms with van der Waals surface area (Å²) in [4.78, 5) is 42.9. The number of hydrogen-bond donors (Lipinski definition) is 4. The Hall–Kier alpha value is -4.07. The topological polar surface area (TPSA) is 156 Å². The van der Waals surface area contributed by atoms with E-state index in [9.17, 15) is 14.4 Å². The van der Waals surface area contributed by atoms with Crippen molar-refractivity contribution in [3.63, 3.8) is 0 Å². The SMILES string of the molecule is BC(B)(B)NC(=O)c1nnc(NC(=O)C2CC2)cc1Nc1cccc(-c2ncc(CNC(=O)OC(C)(C)C)s2)c1OC. The minimum Gasteiger partial charge on any atom is -0.494 e. The number of alkyl carbamates (subject to hydrolysis) is 1. The van der Waals surface area contributed by atoms with E-state index in [2.05, 4.69) is 36.4 Å². The highest BCUT2D eigenvalue weighted by Crippen LogP contribution is 2.40. The standard InChI is InChI=1S/C26H34B3N7O5S/c1-25(2,3)41-24(39)31-12-14-11-30-23(42-14)15-6-5-7-16(20(15)40-4)32-17-10-18(33-21(37)13-8-9-13)35-36-19(17)22(38)34-26(27,28)29/h5-7,10-11,13H,8-9,12,27-29H2,1-4H3,(H,31,39)(H,34,38)(H2,32,33,35,37). The van der Waals surface area contributed by atoms with E-state index in [-0.39, 0.29) is 29.9 Å². The zero-order valence-electron chi connectivity index (χ0n) is 24.9. The van der Waals surface area contributed by atoms with Gasteiger partial charge in [-0.1, -0.05) is 6.07 Å². The first kappa shape index (κ1) is 30.9. The Balaban J connectivity index is 1.61. The molecule has 4 N–H and O–H groups in total. The predicted molar refractivity (Wildman–Crippen MR) is 170 cm³/mol. The molecule has 0 bridgehead atoms. The largest absolute Gasteiger partial charge is 0.494 e. The van der Waals surface area contributed by atoms with Gasteiger partial charge in [0.1, 0.15) is 34.1 Å². The number of benzene rings is 1. The molecule has 1 aliphatic carbocycles. The number of nitrogens with one attached hydrogen (secondary N) is 4. The Kier molecular flexibility index (Phi) is 9.14. The van der Waals surface area contributed by atoms with E-state index in [1.807, 2.05) is 35.7 Å². The zero-order chi connectivity index (χ0) is 30.7. The Morgan fingerprint density at radius 2 is 1.83 bits per heavy atom. The maximum absolute atomic E-state index is 13.1. The van der Waals surface area contributed by atoms with Crippen LogP contribution in [0.3, 0.4) is 0 Å². The molecule has 0 aliphatic heterocycles. The first-order valence-corrected chi connectivity index (χ1v) is 14.4. The van der Waals surface area contributed by atoms with Crippen molar-refractivity contribution in [1.82, 2.24) is 25.8 Å². The number of amides is 3. The number of nitrogens with zero attached hydrogens (tertiary/aromatic N) is 3. The normalized spacial score (nSPS) is 13.1. The second-order valence-corrected chi connectivity index (χ2v) is 13.1. The smallest absolute Gasteiger partial charge is 0.407 e. The molecule has 16 heteroatoms. The quantitative estimate of drug-likeness (QED) is 0.253. The second kappa shape index (κ2) is 12.4. The number of para-hydroxylation sites is 1. The average Bonchev–Trinajstić information content (AvgIpc) is 3.63. The zero-order valence-corrected chi connectivity index (χ0v) is 25.7. The first-order chi connectivity index (χ1) is 19.7. The minimum absolute atomic E-state index is 0.0219. The van der Waals surface area contributed by atoms with Gasteiger partial charge in [0.05, 0.1) is 30.6 Å². The molecule has 0 unspecified atom stereocenters. The van der Waals surface area contributed by atoms with Crippen molar-refractivity contribution in [3.05, 3.63) is 41.0 Å². The highest BCUT2D eigenvalue weighted by atomic mass is 32.1. The lowest BCUT2D eigenvalue weighted by atomic mass is 9.49. The van der Waals surface area contributed by atoms with Crippen LogP contribution in [0.1, 0.15) is 49.0 Å². The summed E-state index contributed by atoms with van der Waals surface area (Å²) < 4.78 is 11.1. The van der Waals surface area contributed by atoms with Gasteiger partial charge in [0.15, 0.2) is 17.3 Å². The minimum atomic E-state index is -0.592. The second-order valence-electron chi connectivity index (χ2n) is 12.0. The molecular formula is C26H34B3N7O5S. The summed E-state index contributed by atoms with van der Waals surface area (Å²) in [7, 11) is 7.15. The lowest BCUT2D eigenvalue weighted by molar-refractivity contribution is -0.117. The number of hydrogen-bond acceptors (Lipinski definition) is 10. The van der Waals surface area contributed by atoms with Crippen LogP contribution < -0.4 is 26.0 Å². The van der Waals surface area contributed by atoms with Gasteiger partial charge in [-0.15, -0.1) is 21.5 Å². The molecule has 42 heavy (non-hydrogen) atoms. The lowest BCUT2D eigenvalue weighted by Crippen LogP contribution is -2.50. The van der Waals surface area contributed by atoms with E-state index in [0.29, 0.717) is 27.7 Å². The van der Waals surface area contributed by atoms with E-state index in [4.69, 9.17) is 9.47 Å². The molecule has 1 fully saturated rings. The summed E-state index contributed by atoms with van der Waals surface area (Å²) in [6.45, 7) is 5.67. The molecular weight excluding hydrogens is 555 g/mol. The Morgan fingerprint density at radius 3 is 2.48 bits per heavy atom. The van der Waals surface area contributed by atoms with Crippen molar-refractivity contribution in [1.29, 1.82) is 0 Å². The fourth-order valence-corrected chi connectivity index (χ4v) is 4.72. The third kappa shape index (κ3) is 8.48. The van der Waals surface area contributed by atoms with E-state index in [1.54, 1.807) is 46.2 Å². The van der Waals surface area contributed by atoms with Crippen LogP contribution in [0.15, 0.2) is 30.5 Å². The number of aromatic nitrogens is 3. The van der Waals surface area contributed by atoms with Gasteiger partial charge in [-0.3, -0.25) is 9.59 Å². The fraction of sp³-hybridized carbons (Fsp3) is 0.385. The van der Waals surface area contributed by atoms with E-state index in [1.165, 1.54) is 11.3 Å². The maximum atomic E-state index is 13.1. The monoisotopic (exact) mass is 589 g/mol. The van der Waals surface area contributed by atoms with Gasteiger partial charge in [-0.05, 0) is 51.0 Å². The van der Waals surface area contributed by atoms with Crippen LogP contribution >= 0.6 is 11.3 Å². The van der Waals surface area contributed by atoms with Crippen molar-refractivity contribution < 1.29 is 23.9 Å².